The van der Waals surface area contributed by atoms with Crippen LogP contribution in [0.4, 0.5) is 26.3 Å². The molecular weight excluding hydrogens is 538 g/mol. The molecule has 0 radical (unpaired) electrons. The van der Waals surface area contributed by atoms with E-state index < -0.39 is 73.6 Å². The van der Waals surface area contributed by atoms with Crippen molar-refractivity contribution in [3.05, 3.63) is 34.9 Å². The molecule has 0 aliphatic carbocycles. The normalized spacial score (nSPS) is 15.1. The SMILES string of the molecule is CC(=O)/C(=C(\C)[O-])S(=O)(=O)C(F)(F)C(F)(F)C(F)(F)S(=O)(=O)Oc1ccc(S(=O)(=O)[O-])cc1. The Morgan fingerprint density at radius 1 is 0.848 bits per heavy atom. The van der Waals surface area contributed by atoms with Gasteiger partial charge in [0.15, 0.2) is 5.78 Å². The van der Waals surface area contributed by atoms with E-state index in [1.165, 1.54) is 0 Å². The van der Waals surface area contributed by atoms with E-state index in [4.69, 9.17) is 0 Å². The van der Waals surface area contributed by atoms with Crippen LogP contribution in [0.15, 0.2) is 39.8 Å². The van der Waals surface area contributed by atoms with Crippen LogP contribution in [0, 0.1) is 0 Å². The van der Waals surface area contributed by atoms with Gasteiger partial charge in [-0.1, -0.05) is 6.92 Å². The Hall–Kier alpha value is -2.38. The maximum atomic E-state index is 14.1. The van der Waals surface area contributed by atoms with E-state index in [0.29, 0.717) is 12.1 Å². The molecule has 1 rings (SSSR count). The summed E-state index contributed by atoms with van der Waals surface area (Å²) >= 11 is 0. The standard InChI is InChI=1S/C14H12F6O10S3/c1-7(21)11(8(2)22)31(23,24)13(17,18)12(15,16)14(19,20)33(28,29)30-9-3-5-10(6-4-9)32(25,26)27/h3-6,21H,1-2H3,(H,25,26,27)/p-2/b11-7-. The van der Waals surface area contributed by atoms with Crippen molar-refractivity contribution in [1.29, 1.82) is 0 Å². The molecule has 0 spiro atoms. The third-order valence-electron chi connectivity index (χ3n) is 3.61. The lowest BCUT2D eigenvalue weighted by atomic mass is 10.3. The quantitative estimate of drug-likeness (QED) is 0.141. The summed E-state index contributed by atoms with van der Waals surface area (Å²) in [6.07, 6.45) is 0. The number of halogens is 6. The lowest BCUT2D eigenvalue weighted by molar-refractivity contribution is -0.302. The molecule has 10 nitrogen and oxygen atoms in total. The first kappa shape index (κ1) is 28.7. The molecule has 0 aliphatic rings. The highest BCUT2D eigenvalue weighted by Crippen LogP contribution is 2.52. The van der Waals surface area contributed by atoms with Gasteiger partial charge in [0.05, 0.1) is 4.90 Å². The van der Waals surface area contributed by atoms with Crippen molar-refractivity contribution in [3.8, 4) is 5.75 Å². The number of Topliss-reactive ketones (excluding diaryl/α,β-unsaturated/α-hetero) is 1. The van der Waals surface area contributed by atoms with Crippen molar-refractivity contribution in [2.24, 2.45) is 0 Å². The first-order valence-electron chi connectivity index (χ1n) is 7.72. The summed E-state index contributed by atoms with van der Waals surface area (Å²) in [6, 6.07) is 1.01. The minimum Gasteiger partial charge on any atom is -0.875 e. The number of allylic oxidation sites excluding steroid dienone is 2. The molecular formula is C14H10F6O10S3-2. The number of sulfone groups is 1. The molecule has 0 atom stereocenters. The minimum atomic E-state index is -7.31. The maximum absolute atomic E-state index is 14.1. The molecule has 1 aromatic carbocycles. The van der Waals surface area contributed by atoms with Crippen LogP contribution >= 0.6 is 0 Å². The molecule has 0 fully saturated rings. The number of hydrogen-bond acceptors (Lipinski definition) is 10. The monoisotopic (exact) mass is 548 g/mol. The fraction of sp³-hybridized carbons (Fsp3) is 0.357. The summed E-state index contributed by atoms with van der Waals surface area (Å²) in [4.78, 5) is 7.65. The molecule has 0 saturated heterocycles. The first-order valence-corrected chi connectivity index (χ1v) is 12.0. The van der Waals surface area contributed by atoms with Crippen LogP contribution in [0.25, 0.3) is 0 Å². The lowest BCUT2D eigenvalue weighted by Crippen LogP contribution is -2.61. The van der Waals surface area contributed by atoms with E-state index in [9.17, 15) is 66.0 Å². The van der Waals surface area contributed by atoms with Gasteiger partial charge in [-0.05, 0) is 31.2 Å². The fourth-order valence-corrected chi connectivity index (χ4v) is 5.01. The molecule has 0 saturated carbocycles. The highest BCUT2D eigenvalue weighted by molar-refractivity contribution is 7.97. The van der Waals surface area contributed by atoms with Crippen molar-refractivity contribution in [3.63, 3.8) is 0 Å². The van der Waals surface area contributed by atoms with Gasteiger partial charge in [-0.25, -0.2) is 16.8 Å². The van der Waals surface area contributed by atoms with Crippen molar-refractivity contribution < 1.29 is 70.2 Å². The molecule has 0 aliphatic heterocycles. The predicted molar refractivity (Wildman–Crippen MR) is 91.1 cm³/mol. The molecule has 0 aromatic heterocycles. The molecule has 33 heavy (non-hydrogen) atoms. The van der Waals surface area contributed by atoms with Crippen molar-refractivity contribution in [1.82, 2.24) is 0 Å². The van der Waals surface area contributed by atoms with Crippen molar-refractivity contribution in [2.75, 3.05) is 0 Å². The van der Waals surface area contributed by atoms with E-state index in [-0.39, 0.29) is 26.0 Å². The molecule has 1 aromatic rings. The van der Waals surface area contributed by atoms with Crippen molar-refractivity contribution in [2.45, 2.75) is 35.2 Å². The molecule has 0 N–H and O–H groups in total. The Bertz CT molecular complexity index is 1290. The van der Waals surface area contributed by atoms with Crippen molar-refractivity contribution >= 4 is 35.9 Å². The van der Waals surface area contributed by atoms with Crippen LogP contribution in [0.2, 0.25) is 0 Å². The topological polar surface area (TPSA) is 175 Å². The minimum absolute atomic E-state index is 0.173. The van der Waals surface area contributed by atoms with Crippen LogP contribution in [0.1, 0.15) is 13.8 Å². The zero-order chi connectivity index (χ0) is 26.4. The summed E-state index contributed by atoms with van der Waals surface area (Å²) in [5.41, 5.74) is 0. The van der Waals surface area contributed by atoms with Crippen LogP contribution in [-0.4, -0.2) is 52.0 Å². The molecule has 0 bridgehead atoms. The first-order chi connectivity index (χ1) is 14.4. The fourth-order valence-electron chi connectivity index (χ4n) is 2.09. The van der Waals surface area contributed by atoms with Crippen LogP contribution in [0.5, 0.6) is 5.75 Å². The van der Waals surface area contributed by atoms with Gasteiger partial charge in [0.25, 0.3) is 9.84 Å². The largest absolute Gasteiger partial charge is 0.875 e. The lowest BCUT2D eigenvalue weighted by Gasteiger charge is -2.32. The van der Waals surface area contributed by atoms with Gasteiger partial charge in [0, 0.05) is 0 Å². The molecule has 0 unspecified atom stereocenters. The van der Waals surface area contributed by atoms with E-state index in [1.54, 1.807) is 0 Å². The average Bonchev–Trinajstić information content (AvgIpc) is 2.59. The van der Waals surface area contributed by atoms with E-state index >= 15 is 0 Å². The Balaban J connectivity index is 3.58. The summed E-state index contributed by atoms with van der Waals surface area (Å²) in [5, 5.41) is -2.84. The second-order valence-corrected chi connectivity index (χ2v) is 10.9. The Morgan fingerprint density at radius 2 is 1.27 bits per heavy atom. The van der Waals surface area contributed by atoms with E-state index in [2.05, 4.69) is 4.18 Å². The number of hydrogen-bond donors (Lipinski definition) is 0. The zero-order valence-electron chi connectivity index (χ0n) is 15.9. The van der Waals surface area contributed by atoms with Gasteiger partial charge in [-0.15, -0.1) is 5.76 Å². The van der Waals surface area contributed by atoms with Crippen LogP contribution in [-0.2, 0) is 34.9 Å². The number of alkyl halides is 6. The number of rotatable bonds is 9. The number of ketones is 1. The van der Waals surface area contributed by atoms with Gasteiger partial charge in [0.1, 0.15) is 20.8 Å². The van der Waals surface area contributed by atoms with Crippen LogP contribution < -0.4 is 9.29 Å². The third-order valence-corrected chi connectivity index (χ3v) is 7.80. The van der Waals surface area contributed by atoms with E-state index in [0.717, 1.165) is 0 Å². The van der Waals surface area contributed by atoms with Gasteiger partial charge in [-0.3, -0.25) is 4.79 Å². The summed E-state index contributed by atoms with van der Waals surface area (Å²) in [5.74, 6) is -12.7. The Labute approximate surface area is 182 Å². The molecule has 188 valence electrons. The number of carbonyl (C=O) groups is 1. The Morgan fingerprint density at radius 3 is 1.61 bits per heavy atom. The second-order valence-electron chi connectivity index (χ2n) is 6.02. The van der Waals surface area contributed by atoms with Gasteiger partial charge >= 0.3 is 26.5 Å². The number of carbonyl (C=O) groups excluding carboxylic acids is 1. The summed E-state index contributed by atoms with van der Waals surface area (Å²) in [7, 11) is -19.4. The zero-order valence-corrected chi connectivity index (χ0v) is 18.3. The summed E-state index contributed by atoms with van der Waals surface area (Å²) in [6.45, 7) is 0.346. The molecule has 19 heteroatoms. The molecule has 0 heterocycles. The molecule has 0 amide bonds. The highest BCUT2D eigenvalue weighted by Gasteiger charge is 2.83. The number of benzene rings is 1. The second kappa shape index (κ2) is 8.44. The third kappa shape index (κ3) is 4.80. The summed E-state index contributed by atoms with van der Waals surface area (Å²) < 4.78 is 167. The Kier molecular flexibility index (Phi) is 7.33. The van der Waals surface area contributed by atoms with Gasteiger partial charge in [0.2, 0.25) is 0 Å². The maximum Gasteiger partial charge on any atom is 0.450 e. The van der Waals surface area contributed by atoms with Gasteiger partial charge in [-0.2, -0.15) is 34.8 Å². The highest BCUT2D eigenvalue weighted by atomic mass is 32.2. The smallest absolute Gasteiger partial charge is 0.450 e. The van der Waals surface area contributed by atoms with E-state index in [1.807, 2.05) is 0 Å². The van der Waals surface area contributed by atoms with Crippen LogP contribution in [0.3, 0.4) is 0 Å². The van der Waals surface area contributed by atoms with Gasteiger partial charge < -0.3 is 13.8 Å². The predicted octanol–water partition coefficient (Wildman–Crippen LogP) is 0.716. The average molecular weight is 548 g/mol.